The van der Waals surface area contributed by atoms with Gasteiger partial charge in [-0.05, 0) is 61.4 Å². The number of barbiturate groups is 1. The summed E-state index contributed by atoms with van der Waals surface area (Å²) in [5.74, 6) is -0.948. The molecule has 1 aliphatic rings. The number of carbonyl (C=O) groups excluding carboxylic acids is 3. The molecule has 1 fully saturated rings. The van der Waals surface area contributed by atoms with E-state index in [1.807, 2.05) is 13.8 Å². The second kappa shape index (κ2) is 8.80. The van der Waals surface area contributed by atoms with E-state index in [9.17, 15) is 14.4 Å². The number of benzene rings is 2. The molecule has 1 saturated heterocycles. The number of imide groups is 2. The molecule has 0 radical (unpaired) electrons. The first-order valence-corrected chi connectivity index (χ1v) is 10.1. The first kappa shape index (κ1) is 21.1. The van der Waals surface area contributed by atoms with Crippen LogP contribution in [0, 0.1) is 0 Å². The zero-order valence-electron chi connectivity index (χ0n) is 15.7. The molecular formula is C21H18BrClN2O4. The van der Waals surface area contributed by atoms with Crippen LogP contribution in [0.25, 0.3) is 6.08 Å². The fraction of sp³-hybridized carbons (Fsp3) is 0.190. The van der Waals surface area contributed by atoms with Gasteiger partial charge >= 0.3 is 6.03 Å². The quantitative estimate of drug-likeness (QED) is 0.488. The number of anilines is 1. The van der Waals surface area contributed by atoms with Crippen LogP contribution in [0.4, 0.5) is 10.5 Å². The maximum atomic E-state index is 12.9. The van der Waals surface area contributed by atoms with Crippen LogP contribution in [-0.2, 0) is 9.59 Å². The normalized spacial score (nSPS) is 16.8. The number of nitrogens with one attached hydrogen (secondary N) is 1. The number of hydrogen-bond acceptors (Lipinski definition) is 4. The van der Waals surface area contributed by atoms with Gasteiger partial charge in [-0.15, -0.1) is 0 Å². The molecule has 1 atom stereocenters. The number of hydrogen-bond donors (Lipinski definition) is 1. The van der Waals surface area contributed by atoms with Crippen molar-refractivity contribution in [1.82, 2.24) is 5.32 Å². The van der Waals surface area contributed by atoms with E-state index in [1.54, 1.807) is 42.5 Å². The van der Waals surface area contributed by atoms with Crippen LogP contribution in [-0.4, -0.2) is 23.9 Å². The zero-order valence-corrected chi connectivity index (χ0v) is 18.1. The third-order valence-corrected chi connectivity index (χ3v) is 5.18. The lowest BCUT2D eigenvalue weighted by Crippen LogP contribution is -2.54. The van der Waals surface area contributed by atoms with Crippen LogP contribution < -0.4 is 15.0 Å². The SMILES string of the molecule is CCC(C)Oc1ccc(/C=C2\C(=O)NC(=O)N(c3ccc(Br)cc3)C2=O)cc1Cl. The highest BCUT2D eigenvalue weighted by molar-refractivity contribution is 9.10. The summed E-state index contributed by atoms with van der Waals surface area (Å²) in [6.07, 6.45) is 2.24. The largest absolute Gasteiger partial charge is 0.489 e. The Kier molecular flexibility index (Phi) is 6.39. The van der Waals surface area contributed by atoms with Crippen molar-refractivity contribution in [2.45, 2.75) is 26.4 Å². The monoisotopic (exact) mass is 476 g/mol. The minimum atomic E-state index is -0.796. The van der Waals surface area contributed by atoms with Crippen molar-refractivity contribution in [3.05, 3.63) is 63.1 Å². The summed E-state index contributed by atoms with van der Waals surface area (Å²) in [5, 5.41) is 2.56. The summed E-state index contributed by atoms with van der Waals surface area (Å²) >= 11 is 9.58. The molecule has 0 bridgehead atoms. The van der Waals surface area contributed by atoms with Gasteiger partial charge in [0.15, 0.2) is 0 Å². The third-order valence-electron chi connectivity index (χ3n) is 4.36. The molecule has 0 saturated carbocycles. The van der Waals surface area contributed by atoms with E-state index in [0.717, 1.165) is 15.8 Å². The van der Waals surface area contributed by atoms with Gasteiger partial charge in [0.2, 0.25) is 0 Å². The molecule has 0 spiro atoms. The van der Waals surface area contributed by atoms with Gasteiger partial charge in [-0.25, -0.2) is 9.69 Å². The van der Waals surface area contributed by atoms with E-state index < -0.39 is 17.8 Å². The van der Waals surface area contributed by atoms with Crippen molar-refractivity contribution >= 4 is 57.1 Å². The zero-order chi connectivity index (χ0) is 21.1. The fourth-order valence-corrected chi connectivity index (χ4v) is 3.15. The Morgan fingerprint density at radius 3 is 2.48 bits per heavy atom. The Bertz CT molecular complexity index is 1000. The smallest absolute Gasteiger partial charge is 0.335 e. The molecule has 2 aromatic carbocycles. The minimum Gasteiger partial charge on any atom is -0.489 e. The Labute approximate surface area is 181 Å². The molecule has 3 rings (SSSR count). The molecule has 6 nitrogen and oxygen atoms in total. The maximum Gasteiger partial charge on any atom is 0.335 e. The Morgan fingerprint density at radius 2 is 1.86 bits per heavy atom. The van der Waals surface area contributed by atoms with Gasteiger partial charge in [0.1, 0.15) is 11.3 Å². The van der Waals surface area contributed by atoms with Crippen molar-refractivity contribution in [1.29, 1.82) is 0 Å². The second-order valence-corrected chi connectivity index (χ2v) is 7.78. The number of halogens is 2. The highest BCUT2D eigenvalue weighted by atomic mass is 79.9. The standard InChI is InChI=1S/C21H18BrClN2O4/c1-3-12(2)29-18-9-4-13(11-17(18)23)10-16-19(26)24-21(28)25(20(16)27)15-7-5-14(22)6-8-15/h4-12H,3H2,1-2H3,(H,24,26,28)/b16-10+. The lowest BCUT2D eigenvalue weighted by atomic mass is 10.1. The summed E-state index contributed by atoms with van der Waals surface area (Å²) in [6, 6.07) is 10.8. The summed E-state index contributed by atoms with van der Waals surface area (Å²) in [4.78, 5) is 38.3. The molecule has 0 aromatic heterocycles. The minimum absolute atomic E-state index is 0.00730. The Hall–Kier alpha value is -2.64. The molecule has 29 heavy (non-hydrogen) atoms. The molecule has 1 N–H and O–H groups in total. The molecule has 1 heterocycles. The number of urea groups is 1. The Balaban J connectivity index is 1.92. The van der Waals surface area contributed by atoms with Gasteiger partial charge in [-0.1, -0.05) is 40.5 Å². The van der Waals surface area contributed by atoms with Gasteiger partial charge < -0.3 is 4.74 Å². The average molecular weight is 478 g/mol. The van der Waals surface area contributed by atoms with E-state index in [4.69, 9.17) is 16.3 Å². The summed E-state index contributed by atoms with van der Waals surface area (Å²) in [5.41, 5.74) is 0.721. The van der Waals surface area contributed by atoms with Crippen LogP contribution in [0.3, 0.4) is 0 Å². The van der Waals surface area contributed by atoms with Crippen molar-refractivity contribution in [3.63, 3.8) is 0 Å². The van der Waals surface area contributed by atoms with Crippen molar-refractivity contribution in [3.8, 4) is 5.75 Å². The number of carbonyl (C=O) groups is 3. The Morgan fingerprint density at radius 1 is 1.17 bits per heavy atom. The second-order valence-electron chi connectivity index (χ2n) is 6.46. The first-order chi connectivity index (χ1) is 13.8. The number of nitrogens with zero attached hydrogens (tertiary/aromatic N) is 1. The predicted molar refractivity (Wildman–Crippen MR) is 115 cm³/mol. The average Bonchev–Trinajstić information content (AvgIpc) is 2.68. The van der Waals surface area contributed by atoms with E-state index in [2.05, 4.69) is 21.2 Å². The molecule has 2 aromatic rings. The molecular weight excluding hydrogens is 460 g/mol. The van der Waals surface area contributed by atoms with E-state index in [0.29, 0.717) is 22.0 Å². The maximum absolute atomic E-state index is 12.9. The van der Waals surface area contributed by atoms with Gasteiger partial charge in [0, 0.05) is 4.47 Å². The predicted octanol–water partition coefficient (Wildman–Crippen LogP) is 4.95. The molecule has 4 amide bonds. The van der Waals surface area contributed by atoms with Gasteiger partial charge in [0.05, 0.1) is 16.8 Å². The summed E-state index contributed by atoms with van der Waals surface area (Å²) < 4.78 is 6.52. The van der Waals surface area contributed by atoms with Crippen molar-refractivity contribution in [2.75, 3.05) is 4.90 Å². The fourth-order valence-electron chi connectivity index (χ4n) is 2.65. The van der Waals surface area contributed by atoms with Crippen LogP contribution in [0.2, 0.25) is 5.02 Å². The van der Waals surface area contributed by atoms with Crippen molar-refractivity contribution < 1.29 is 19.1 Å². The summed E-state index contributed by atoms with van der Waals surface area (Å²) in [6.45, 7) is 3.94. The molecule has 1 aliphatic heterocycles. The lowest BCUT2D eigenvalue weighted by molar-refractivity contribution is -0.122. The number of amides is 4. The van der Waals surface area contributed by atoms with Gasteiger partial charge in [0.25, 0.3) is 11.8 Å². The number of rotatable bonds is 5. The molecule has 0 aliphatic carbocycles. The van der Waals surface area contributed by atoms with Crippen LogP contribution >= 0.6 is 27.5 Å². The number of ether oxygens (including phenoxy) is 1. The molecule has 1 unspecified atom stereocenters. The lowest BCUT2D eigenvalue weighted by Gasteiger charge is -2.26. The van der Waals surface area contributed by atoms with E-state index in [1.165, 1.54) is 6.08 Å². The molecule has 150 valence electrons. The van der Waals surface area contributed by atoms with Gasteiger partial charge in [-0.3, -0.25) is 14.9 Å². The highest BCUT2D eigenvalue weighted by Gasteiger charge is 2.36. The van der Waals surface area contributed by atoms with E-state index in [-0.39, 0.29) is 11.7 Å². The third kappa shape index (κ3) is 4.68. The van der Waals surface area contributed by atoms with Gasteiger partial charge in [-0.2, -0.15) is 0 Å². The molecule has 8 heteroatoms. The van der Waals surface area contributed by atoms with Crippen LogP contribution in [0.5, 0.6) is 5.75 Å². The first-order valence-electron chi connectivity index (χ1n) is 8.93. The van der Waals surface area contributed by atoms with Crippen LogP contribution in [0.15, 0.2) is 52.5 Å². The highest BCUT2D eigenvalue weighted by Crippen LogP contribution is 2.29. The van der Waals surface area contributed by atoms with Crippen molar-refractivity contribution in [2.24, 2.45) is 0 Å². The van der Waals surface area contributed by atoms with E-state index >= 15 is 0 Å². The topological polar surface area (TPSA) is 75.7 Å². The van der Waals surface area contributed by atoms with Crippen LogP contribution in [0.1, 0.15) is 25.8 Å². The summed E-state index contributed by atoms with van der Waals surface area (Å²) in [7, 11) is 0.